The minimum Gasteiger partial charge on any atom is -0.274 e. The first-order chi connectivity index (χ1) is 17.3. The number of rotatable bonds is 3. The Morgan fingerprint density at radius 2 is 1.63 bits per heavy atom. The molecule has 166 valence electrons. The molecule has 0 aliphatic carbocycles. The van der Waals surface area contributed by atoms with E-state index in [2.05, 4.69) is 63.7 Å². The lowest BCUT2D eigenvalue weighted by atomic mass is 10.1. The van der Waals surface area contributed by atoms with E-state index in [1.54, 1.807) is 17.6 Å². The number of hydrogen-bond donors (Lipinski definition) is 0. The molecule has 0 radical (unpaired) electrons. The highest BCUT2D eigenvalue weighted by molar-refractivity contribution is 7.26. The zero-order valence-corrected chi connectivity index (χ0v) is 19.8. The molecule has 0 aliphatic rings. The Labute approximate surface area is 204 Å². The summed E-state index contributed by atoms with van der Waals surface area (Å²) < 4.78 is 4.60. The highest BCUT2D eigenvalue weighted by Gasteiger charge is 2.22. The summed E-state index contributed by atoms with van der Waals surface area (Å²) in [6, 6.07) is 25.1. The van der Waals surface area contributed by atoms with Crippen LogP contribution < -0.4 is 0 Å². The lowest BCUT2D eigenvalue weighted by Crippen LogP contribution is -2.01. The second kappa shape index (κ2) is 7.55. The minimum atomic E-state index is 0.608. The first-order valence-corrected chi connectivity index (χ1v) is 12.2. The van der Waals surface area contributed by atoms with Crippen LogP contribution >= 0.6 is 11.3 Å². The van der Waals surface area contributed by atoms with E-state index < -0.39 is 0 Å². The van der Waals surface area contributed by atoms with Gasteiger partial charge in [0.15, 0.2) is 0 Å². The highest BCUT2D eigenvalue weighted by Crippen LogP contribution is 2.46. The van der Waals surface area contributed by atoms with Crippen LogP contribution in [-0.4, -0.2) is 27.5 Å². The molecule has 3 aromatic heterocycles. The van der Waals surface area contributed by atoms with Gasteiger partial charge < -0.3 is 0 Å². The molecule has 0 saturated heterocycles. The summed E-state index contributed by atoms with van der Waals surface area (Å²) in [6.07, 6.45) is 3.66. The van der Waals surface area contributed by atoms with Crippen molar-refractivity contribution in [1.82, 2.24) is 14.5 Å². The fourth-order valence-corrected chi connectivity index (χ4v) is 6.25. The van der Waals surface area contributed by atoms with Crippen molar-refractivity contribution in [2.24, 2.45) is 9.98 Å². The SMILES string of the molecule is C=Nc1c(/N=C\C)ccc2c3ccc4c5ccccc5sc4c3n(-c3ncc4ccccc4n3)c12. The maximum atomic E-state index is 4.99. The Bertz CT molecular complexity index is 1990. The number of aliphatic imine (C=N–C) groups is 2. The highest BCUT2D eigenvalue weighted by atomic mass is 32.1. The van der Waals surface area contributed by atoms with Crippen molar-refractivity contribution in [3.05, 3.63) is 79.0 Å². The minimum absolute atomic E-state index is 0.608. The molecule has 4 aromatic carbocycles. The summed E-state index contributed by atoms with van der Waals surface area (Å²) in [5, 5.41) is 5.69. The molecule has 0 unspecified atom stereocenters. The number of fused-ring (bicyclic) bond motifs is 8. The van der Waals surface area contributed by atoms with Crippen molar-refractivity contribution < 1.29 is 0 Å². The second-order valence-corrected chi connectivity index (χ2v) is 9.43. The van der Waals surface area contributed by atoms with Gasteiger partial charge in [-0.2, -0.15) is 0 Å². The van der Waals surface area contributed by atoms with Crippen LogP contribution in [0.3, 0.4) is 0 Å². The van der Waals surface area contributed by atoms with Gasteiger partial charge >= 0.3 is 0 Å². The van der Waals surface area contributed by atoms with Crippen molar-refractivity contribution in [2.75, 3.05) is 0 Å². The van der Waals surface area contributed by atoms with E-state index in [1.807, 2.05) is 43.5 Å². The quantitative estimate of drug-likeness (QED) is 0.245. The van der Waals surface area contributed by atoms with Gasteiger partial charge in [-0.1, -0.05) is 48.5 Å². The Kier molecular flexibility index (Phi) is 4.31. The van der Waals surface area contributed by atoms with Crippen molar-refractivity contribution in [3.8, 4) is 5.95 Å². The van der Waals surface area contributed by atoms with E-state index in [-0.39, 0.29) is 0 Å². The largest absolute Gasteiger partial charge is 0.274 e. The topological polar surface area (TPSA) is 55.4 Å². The fraction of sp³-hybridized carbons (Fsp3) is 0.0345. The molecule has 7 aromatic rings. The Morgan fingerprint density at radius 1 is 0.857 bits per heavy atom. The predicted molar refractivity (Wildman–Crippen MR) is 150 cm³/mol. The van der Waals surface area contributed by atoms with Gasteiger partial charge in [-0.05, 0) is 37.9 Å². The first kappa shape index (κ1) is 20.0. The zero-order valence-electron chi connectivity index (χ0n) is 18.9. The summed E-state index contributed by atoms with van der Waals surface area (Å²) in [6.45, 7) is 5.80. The molecule has 3 heterocycles. The van der Waals surface area contributed by atoms with Crippen LogP contribution in [0.2, 0.25) is 0 Å². The number of thiophene rings is 1. The van der Waals surface area contributed by atoms with Gasteiger partial charge in [0.1, 0.15) is 5.69 Å². The standard InChI is InChI=1S/C29H19N5S/c1-3-31-23-15-14-19-20-12-13-21-18-9-5-7-11-24(18)35-28(21)27(20)34(26(19)25(23)30-2)29-32-16-17-8-4-6-10-22(17)33-29/h3-16H,2H2,1H3/b31-3-. The van der Waals surface area contributed by atoms with E-state index in [9.17, 15) is 0 Å². The lowest BCUT2D eigenvalue weighted by molar-refractivity contribution is 1.01. The molecule has 35 heavy (non-hydrogen) atoms. The number of nitrogens with zero attached hydrogens (tertiary/aromatic N) is 5. The third kappa shape index (κ3) is 2.80. The molecule has 7 rings (SSSR count). The van der Waals surface area contributed by atoms with E-state index in [0.717, 1.165) is 44.1 Å². The molecule has 0 amide bonds. The third-order valence-corrected chi connectivity index (χ3v) is 7.68. The summed E-state index contributed by atoms with van der Waals surface area (Å²) in [7, 11) is 0. The average molecular weight is 470 g/mol. The van der Waals surface area contributed by atoms with Crippen LogP contribution in [0.25, 0.3) is 58.8 Å². The molecule has 0 spiro atoms. The van der Waals surface area contributed by atoms with Crippen LogP contribution in [0.4, 0.5) is 11.4 Å². The summed E-state index contributed by atoms with van der Waals surface area (Å²) in [4.78, 5) is 18.8. The van der Waals surface area contributed by atoms with Crippen LogP contribution in [0.15, 0.2) is 89.0 Å². The second-order valence-electron chi connectivity index (χ2n) is 8.38. The van der Waals surface area contributed by atoms with E-state index in [1.165, 1.54) is 20.2 Å². The van der Waals surface area contributed by atoms with Gasteiger partial charge in [0, 0.05) is 44.0 Å². The van der Waals surface area contributed by atoms with Gasteiger partial charge in [0.25, 0.3) is 0 Å². The van der Waals surface area contributed by atoms with Gasteiger partial charge in [-0.25, -0.2) is 9.97 Å². The van der Waals surface area contributed by atoms with Crippen molar-refractivity contribution >= 4 is 88.5 Å². The van der Waals surface area contributed by atoms with Crippen LogP contribution in [0, 0.1) is 0 Å². The van der Waals surface area contributed by atoms with Crippen molar-refractivity contribution in [2.45, 2.75) is 6.92 Å². The zero-order chi connectivity index (χ0) is 23.5. The molecular weight excluding hydrogens is 450 g/mol. The molecule has 0 N–H and O–H groups in total. The number of aromatic nitrogens is 3. The van der Waals surface area contributed by atoms with Crippen LogP contribution in [0.5, 0.6) is 0 Å². The molecule has 0 fully saturated rings. The normalized spacial score (nSPS) is 12.1. The molecule has 6 heteroatoms. The smallest absolute Gasteiger partial charge is 0.235 e. The molecule has 0 saturated carbocycles. The van der Waals surface area contributed by atoms with Gasteiger partial charge in [0.2, 0.25) is 5.95 Å². The predicted octanol–water partition coefficient (Wildman–Crippen LogP) is 8.15. The third-order valence-electron chi connectivity index (χ3n) is 6.49. The Morgan fingerprint density at radius 3 is 2.51 bits per heavy atom. The first-order valence-electron chi connectivity index (χ1n) is 11.4. The van der Waals surface area contributed by atoms with E-state index >= 15 is 0 Å². The Balaban J connectivity index is 1.74. The molecule has 5 nitrogen and oxygen atoms in total. The summed E-state index contributed by atoms with van der Waals surface area (Å²) in [5.74, 6) is 0.608. The molecule has 0 bridgehead atoms. The van der Waals surface area contributed by atoms with Crippen molar-refractivity contribution in [3.63, 3.8) is 0 Å². The lowest BCUT2D eigenvalue weighted by Gasteiger charge is -2.10. The molecule has 0 atom stereocenters. The molecule has 0 aliphatic heterocycles. The van der Waals surface area contributed by atoms with E-state index in [0.29, 0.717) is 5.95 Å². The van der Waals surface area contributed by atoms with Gasteiger partial charge in [-0.3, -0.25) is 14.6 Å². The number of benzene rings is 4. The summed E-state index contributed by atoms with van der Waals surface area (Å²) in [5.41, 5.74) is 4.39. The number of para-hydroxylation sites is 1. The fourth-order valence-electron chi connectivity index (χ4n) is 5.01. The molecular formula is C29H19N5S. The van der Waals surface area contributed by atoms with Gasteiger partial charge in [-0.15, -0.1) is 11.3 Å². The maximum Gasteiger partial charge on any atom is 0.235 e. The van der Waals surface area contributed by atoms with Gasteiger partial charge in [0.05, 0.1) is 26.9 Å². The summed E-state index contributed by atoms with van der Waals surface area (Å²) >= 11 is 1.79. The average Bonchev–Trinajstić information content (AvgIpc) is 3.44. The Hall–Kier alpha value is -4.42. The van der Waals surface area contributed by atoms with Crippen LogP contribution in [0.1, 0.15) is 6.92 Å². The van der Waals surface area contributed by atoms with Crippen LogP contribution in [-0.2, 0) is 0 Å². The number of hydrogen-bond acceptors (Lipinski definition) is 5. The maximum absolute atomic E-state index is 4.99. The van der Waals surface area contributed by atoms with Crippen molar-refractivity contribution in [1.29, 1.82) is 0 Å². The van der Waals surface area contributed by atoms with E-state index in [4.69, 9.17) is 9.97 Å². The monoisotopic (exact) mass is 469 g/mol.